The smallest absolute Gasteiger partial charge is 0.334 e. The van der Waals surface area contributed by atoms with Gasteiger partial charge in [-0.3, -0.25) is 4.84 Å². The van der Waals surface area contributed by atoms with Crippen LogP contribution in [0.5, 0.6) is 0 Å². The summed E-state index contributed by atoms with van der Waals surface area (Å²) in [4.78, 5) is 16.1. The number of nitrogens with zero attached hydrogens (tertiary/aromatic N) is 1. The molecule has 0 bridgehead atoms. The normalized spacial score (nSPS) is 10.1. The van der Waals surface area contributed by atoms with Crippen LogP contribution < -0.4 is 5.32 Å². The minimum atomic E-state index is -0.402. The number of hydrogen-bond acceptors (Lipinski definition) is 4. The molecule has 0 saturated carbocycles. The van der Waals surface area contributed by atoms with Crippen molar-refractivity contribution >= 4 is 23.3 Å². The Morgan fingerprint density at radius 3 is 2.62 bits per heavy atom. The number of esters is 1. The molecule has 94 valence electrons. The number of carbonyl (C=O) groups is 1. The molecule has 0 spiro atoms. The van der Waals surface area contributed by atoms with E-state index >= 15 is 0 Å². The molecule has 6 heteroatoms. The molecule has 0 aliphatic heterocycles. The molecule has 0 aromatic carbocycles. The van der Waals surface area contributed by atoms with Gasteiger partial charge in [0.1, 0.15) is 0 Å². The summed E-state index contributed by atoms with van der Waals surface area (Å²) in [5.41, 5.74) is 0. The van der Waals surface area contributed by atoms with E-state index in [9.17, 15) is 4.79 Å². The predicted octanol–water partition coefficient (Wildman–Crippen LogP) is 0.943. The summed E-state index contributed by atoms with van der Waals surface area (Å²) in [6, 6.07) is 0. The van der Waals surface area contributed by atoms with E-state index in [-0.39, 0.29) is 6.61 Å². The molecule has 0 aliphatic carbocycles. The summed E-state index contributed by atoms with van der Waals surface area (Å²) in [6.45, 7) is 6.89. The number of carbonyl (C=O) groups excluding carboxylic acids is 1. The van der Waals surface area contributed by atoms with Crippen molar-refractivity contribution in [2.75, 3.05) is 26.8 Å². The monoisotopic (exact) mass is 248 g/mol. The summed E-state index contributed by atoms with van der Waals surface area (Å²) in [5, 5.41) is 4.83. The number of thiocarbonyl (C=S) groups is 1. The zero-order chi connectivity index (χ0) is 12.6. The van der Waals surface area contributed by atoms with E-state index in [2.05, 4.69) is 19.2 Å². The van der Waals surface area contributed by atoms with Gasteiger partial charge in [0.05, 0.1) is 6.61 Å². The van der Waals surface area contributed by atoms with Crippen LogP contribution >= 0.6 is 12.2 Å². The molecule has 0 aromatic heterocycles. The Hall–Kier alpha value is -0.880. The lowest BCUT2D eigenvalue weighted by atomic mass is 10.2. The zero-order valence-electron chi connectivity index (χ0n) is 10.3. The Kier molecular flexibility index (Phi) is 7.84. The van der Waals surface area contributed by atoms with E-state index in [1.807, 2.05) is 0 Å². The zero-order valence-corrected chi connectivity index (χ0v) is 11.1. The highest BCUT2D eigenvalue weighted by Gasteiger charge is 2.08. The van der Waals surface area contributed by atoms with Crippen molar-refractivity contribution in [3.8, 4) is 0 Å². The van der Waals surface area contributed by atoms with Gasteiger partial charge in [0.2, 0.25) is 0 Å². The van der Waals surface area contributed by atoms with Gasteiger partial charge >= 0.3 is 5.97 Å². The second-order valence-electron chi connectivity index (χ2n) is 3.66. The number of nitrogens with one attached hydrogen (secondary N) is 1. The molecule has 0 unspecified atom stereocenters. The molecule has 0 aliphatic rings. The van der Waals surface area contributed by atoms with Crippen LogP contribution in [0.4, 0.5) is 0 Å². The van der Waals surface area contributed by atoms with Crippen molar-refractivity contribution in [3.63, 3.8) is 0 Å². The summed E-state index contributed by atoms with van der Waals surface area (Å²) < 4.78 is 4.72. The van der Waals surface area contributed by atoms with Crippen LogP contribution in [0.1, 0.15) is 20.8 Å². The van der Waals surface area contributed by atoms with E-state index in [4.69, 9.17) is 21.8 Å². The first-order valence-corrected chi connectivity index (χ1v) is 5.68. The molecule has 0 saturated heterocycles. The molecule has 0 atom stereocenters. The Balaban J connectivity index is 3.74. The van der Waals surface area contributed by atoms with Crippen LogP contribution in [0.25, 0.3) is 0 Å². The summed E-state index contributed by atoms with van der Waals surface area (Å²) in [7, 11) is 1.65. The molecule has 0 heterocycles. The Morgan fingerprint density at radius 2 is 2.12 bits per heavy atom. The highest BCUT2D eigenvalue weighted by atomic mass is 32.1. The Morgan fingerprint density at radius 1 is 1.50 bits per heavy atom. The third-order valence-electron chi connectivity index (χ3n) is 1.63. The molecule has 0 fully saturated rings. The summed E-state index contributed by atoms with van der Waals surface area (Å²) in [5.74, 6) is 0.0948. The maximum atomic E-state index is 11.0. The van der Waals surface area contributed by atoms with Crippen LogP contribution in [-0.2, 0) is 14.4 Å². The minimum absolute atomic E-state index is 0.131. The summed E-state index contributed by atoms with van der Waals surface area (Å²) in [6.07, 6.45) is 0. The highest BCUT2D eigenvalue weighted by molar-refractivity contribution is 7.80. The van der Waals surface area contributed by atoms with Gasteiger partial charge in [0, 0.05) is 13.6 Å². The number of ether oxygens (including phenoxy) is 1. The second kappa shape index (κ2) is 8.29. The number of hydroxylamine groups is 2. The van der Waals surface area contributed by atoms with Crippen molar-refractivity contribution in [1.29, 1.82) is 0 Å². The van der Waals surface area contributed by atoms with E-state index in [1.165, 1.54) is 5.06 Å². The van der Waals surface area contributed by atoms with Gasteiger partial charge in [-0.1, -0.05) is 13.8 Å². The quantitative estimate of drug-likeness (QED) is 0.429. The van der Waals surface area contributed by atoms with Crippen LogP contribution in [0.15, 0.2) is 0 Å². The third-order valence-corrected chi connectivity index (χ3v) is 2.03. The summed E-state index contributed by atoms with van der Waals surface area (Å²) >= 11 is 5.05. The molecular formula is C10H20N2O3S. The van der Waals surface area contributed by atoms with E-state index < -0.39 is 5.97 Å². The first-order chi connectivity index (χ1) is 7.47. The largest absolute Gasteiger partial charge is 0.464 e. The first kappa shape index (κ1) is 15.1. The van der Waals surface area contributed by atoms with Gasteiger partial charge in [0.25, 0.3) is 0 Å². The third kappa shape index (κ3) is 7.42. The molecule has 0 rings (SSSR count). The number of rotatable bonds is 6. The van der Waals surface area contributed by atoms with Crippen molar-refractivity contribution < 1.29 is 14.4 Å². The van der Waals surface area contributed by atoms with E-state index in [0.29, 0.717) is 17.6 Å². The predicted molar refractivity (Wildman–Crippen MR) is 65.8 cm³/mol. The fourth-order valence-electron chi connectivity index (χ4n) is 0.814. The molecule has 0 radical (unpaired) electrons. The maximum Gasteiger partial charge on any atom is 0.334 e. The van der Waals surface area contributed by atoms with Crippen LogP contribution in [-0.4, -0.2) is 43.0 Å². The second-order valence-corrected chi connectivity index (χ2v) is 4.04. The average molecular weight is 248 g/mol. The van der Waals surface area contributed by atoms with Crippen molar-refractivity contribution in [3.05, 3.63) is 0 Å². The Bertz CT molecular complexity index is 234. The van der Waals surface area contributed by atoms with Crippen molar-refractivity contribution in [2.45, 2.75) is 20.8 Å². The molecule has 1 N–H and O–H groups in total. The highest BCUT2D eigenvalue weighted by Crippen LogP contribution is 1.92. The molecule has 0 aromatic rings. The molecule has 16 heavy (non-hydrogen) atoms. The van der Waals surface area contributed by atoms with Gasteiger partial charge in [-0.15, -0.1) is 0 Å². The lowest BCUT2D eigenvalue weighted by Gasteiger charge is -2.20. The van der Waals surface area contributed by atoms with Crippen LogP contribution in [0.2, 0.25) is 0 Å². The van der Waals surface area contributed by atoms with Gasteiger partial charge in [-0.2, -0.15) is 0 Å². The van der Waals surface area contributed by atoms with Crippen LogP contribution in [0, 0.1) is 5.92 Å². The standard InChI is InChI=1S/C10H20N2O3S/c1-5-14-9(13)7-15-12(4)10(16)11-6-8(2)3/h8H,5-7H2,1-4H3,(H,11,16). The van der Waals surface area contributed by atoms with Gasteiger partial charge in [-0.25, -0.2) is 9.86 Å². The van der Waals surface area contributed by atoms with Crippen molar-refractivity contribution in [1.82, 2.24) is 10.4 Å². The molecular weight excluding hydrogens is 228 g/mol. The lowest BCUT2D eigenvalue weighted by molar-refractivity contribution is -0.161. The maximum absolute atomic E-state index is 11.0. The van der Waals surface area contributed by atoms with E-state index in [0.717, 1.165) is 6.54 Å². The van der Waals surface area contributed by atoms with Crippen molar-refractivity contribution in [2.24, 2.45) is 5.92 Å². The topological polar surface area (TPSA) is 50.8 Å². The van der Waals surface area contributed by atoms with E-state index in [1.54, 1.807) is 14.0 Å². The Labute approximate surface area is 102 Å². The molecule has 0 amide bonds. The SMILES string of the molecule is CCOC(=O)CON(C)C(=S)NCC(C)C. The fraction of sp³-hybridized carbons (Fsp3) is 0.800. The van der Waals surface area contributed by atoms with Crippen LogP contribution in [0.3, 0.4) is 0 Å². The van der Waals surface area contributed by atoms with Gasteiger partial charge in [0.15, 0.2) is 11.7 Å². The molecule has 5 nitrogen and oxygen atoms in total. The first-order valence-electron chi connectivity index (χ1n) is 5.27. The minimum Gasteiger partial charge on any atom is -0.464 e. The average Bonchev–Trinajstić information content (AvgIpc) is 2.22. The number of hydrogen-bond donors (Lipinski definition) is 1. The lowest BCUT2D eigenvalue weighted by Crippen LogP contribution is -2.39. The van der Waals surface area contributed by atoms with Gasteiger partial charge < -0.3 is 10.1 Å². The fourth-order valence-corrected chi connectivity index (χ4v) is 0.950. The van der Waals surface area contributed by atoms with Gasteiger partial charge in [-0.05, 0) is 25.1 Å².